The first-order valence-corrected chi connectivity index (χ1v) is 16.6. The Bertz CT molecular complexity index is 2160. The maximum atomic E-state index is 14.6. The number of nitrogens with one attached hydrogen (secondary N) is 1. The Balaban J connectivity index is 1.68. The molecule has 2 aromatic heterocycles. The maximum Gasteiger partial charge on any atom is 0.338 e. The van der Waals surface area contributed by atoms with Gasteiger partial charge in [-0.25, -0.2) is 9.79 Å². The molecule has 1 atom stereocenters. The largest absolute Gasteiger partial charge is 0.496 e. The molecule has 5 aromatic rings. The fraction of sp³-hybridized carbons (Fsp3) is 0.250. The van der Waals surface area contributed by atoms with Crippen molar-refractivity contribution in [2.45, 2.75) is 46.6 Å². The van der Waals surface area contributed by atoms with Gasteiger partial charge in [0.1, 0.15) is 11.8 Å². The van der Waals surface area contributed by atoms with E-state index in [0.29, 0.717) is 38.3 Å². The SMILES string of the molecule is CCCC1=C(C(=O)OCC)[C@H](c2cc(Br)ccc2OC)n2c(s/c(=C/c3c(-c4ccccc4)[nH]c4c(C)cc(C)cc34)c2=O)=N1. The van der Waals surface area contributed by atoms with Crippen LogP contribution in [-0.4, -0.2) is 29.2 Å². The number of aryl methyl sites for hydroxylation is 2. The molecule has 0 aliphatic carbocycles. The number of hydrogen-bond acceptors (Lipinski definition) is 6. The predicted octanol–water partition coefficient (Wildman–Crippen LogP) is 7.11. The highest BCUT2D eigenvalue weighted by atomic mass is 79.9. The number of rotatable bonds is 8. The number of H-pyrrole nitrogens is 1. The van der Waals surface area contributed by atoms with E-state index < -0.39 is 12.0 Å². The van der Waals surface area contributed by atoms with Crippen molar-refractivity contribution in [1.82, 2.24) is 9.55 Å². The van der Waals surface area contributed by atoms with Gasteiger partial charge >= 0.3 is 5.97 Å². The molecule has 0 radical (unpaired) electrons. The van der Waals surface area contributed by atoms with Crippen LogP contribution in [0.3, 0.4) is 0 Å². The Hall–Kier alpha value is -4.21. The number of nitrogens with zero attached hydrogens (tertiary/aromatic N) is 2. The number of aromatic nitrogens is 2. The smallest absolute Gasteiger partial charge is 0.338 e. The molecule has 0 amide bonds. The molecular weight excluding hydrogens is 650 g/mol. The maximum absolute atomic E-state index is 14.6. The van der Waals surface area contributed by atoms with E-state index in [1.54, 1.807) is 18.6 Å². The summed E-state index contributed by atoms with van der Waals surface area (Å²) in [5.41, 5.74) is 7.62. The number of allylic oxidation sites excluding steroid dienone is 1. The summed E-state index contributed by atoms with van der Waals surface area (Å²) in [6.07, 6.45) is 3.30. The molecule has 6 rings (SSSR count). The highest BCUT2D eigenvalue weighted by molar-refractivity contribution is 9.10. The van der Waals surface area contributed by atoms with Gasteiger partial charge in [-0.15, -0.1) is 0 Å². The topological polar surface area (TPSA) is 85.7 Å². The molecule has 0 unspecified atom stereocenters. The van der Waals surface area contributed by atoms with Gasteiger partial charge in [0.15, 0.2) is 4.80 Å². The molecule has 45 heavy (non-hydrogen) atoms. The third-order valence-electron chi connectivity index (χ3n) is 8.01. The normalized spacial score (nSPS) is 14.9. The molecule has 0 saturated heterocycles. The molecule has 0 saturated carbocycles. The lowest BCUT2D eigenvalue weighted by Gasteiger charge is -2.27. The van der Waals surface area contributed by atoms with Crippen molar-refractivity contribution in [3.63, 3.8) is 0 Å². The van der Waals surface area contributed by atoms with E-state index in [-0.39, 0.29) is 12.2 Å². The molecule has 230 valence electrons. The zero-order chi connectivity index (χ0) is 31.8. The average molecular weight is 685 g/mol. The van der Waals surface area contributed by atoms with E-state index in [2.05, 4.69) is 59.0 Å². The Morgan fingerprint density at radius 3 is 2.60 bits per heavy atom. The van der Waals surface area contributed by atoms with E-state index >= 15 is 0 Å². The number of hydrogen-bond donors (Lipinski definition) is 1. The molecule has 1 N–H and O–H groups in total. The highest BCUT2D eigenvalue weighted by Crippen LogP contribution is 2.39. The Kier molecular flexibility index (Phi) is 8.66. The van der Waals surface area contributed by atoms with Gasteiger partial charge in [-0.2, -0.15) is 0 Å². The van der Waals surface area contributed by atoms with Crippen LogP contribution < -0.4 is 19.6 Å². The van der Waals surface area contributed by atoms with Crippen LogP contribution in [0.1, 0.15) is 55.0 Å². The summed E-state index contributed by atoms with van der Waals surface area (Å²) in [6.45, 7) is 8.20. The van der Waals surface area contributed by atoms with Crippen LogP contribution in [0.15, 0.2) is 86.2 Å². The minimum atomic E-state index is -0.780. The molecular formula is C36H34BrN3O4S. The van der Waals surface area contributed by atoms with Gasteiger partial charge in [0.05, 0.1) is 35.2 Å². The van der Waals surface area contributed by atoms with Gasteiger partial charge in [-0.05, 0) is 68.7 Å². The summed E-state index contributed by atoms with van der Waals surface area (Å²) in [5, 5.41) is 1.04. The second kappa shape index (κ2) is 12.7. The first-order chi connectivity index (χ1) is 21.7. The number of methoxy groups -OCH3 is 1. The standard InChI is InChI=1S/C36H34BrN3O4S/c1-6-11-27-30(35(42)44-7-2)33(26-18-23(37)14-15-28(26)43-5)40-34(41)29(45-36(40)38-27)19-25-24-17-20(3)16-21(4)31(24)39-32(25)22-12-9-8-10-13-22/h8-10,12-19,33,39H,6-7,11H2,1-5H3/b29-19+/t33-/m0/s1. The number of halogens is 1. The van der Waals surface area contributed by atoms with Crippen LogP contribution in [0.25, 0.3) is 28.2 Å². The average Bonchev–Trinajstić information content (AvgIpc) is 3.54. The number of aromatic amines is 1. The van der Waals surface area contributed by atoms with Gasteiger partial charge in [-0.1, -0.05) is 82.6 Å². The van der Waals surface area contributed by atoms with Crippen LogP contribution in [-0.2, 0) is 9.53 Å². The number of ether oxygens (including phenoxy) is 2. The van der Waals surface area contributed by atoms with Crippen molar-refractivity contribution in [2.75, 3.05) is 13.7 Å². The van der Waals surface area contributed by atoms with Crippen molar-refractivity contribution >= 4 is 50.2 Å². The zero-order valence-electron chi connectivity index (χ0n) is 25.9. The Morgan fingerprint density at radius 1 is 1.11 bits per heavy atom. The van der Waals surface area contributed by atoms with Gasteiger partial charge in [-0.3, -0.25) is 9.36 Å². The molecule has 9 heteroatoms. The zero-order valence-corrected chi connectivity index (χ0v) is 28.3. The van der Waals surface area contributed by atoms with Gasteiger partial charge in [0.2, 0.25) is 0 Å². The van der Waals surface area contributed by atoms with Crippen molar-refractivity contribution in [3.05, 3.63) is 118 Å². The highest BCUT2D eigenvalue weighted by Gasteiger charge is 2.36. The number of esters is 1. The monoisotopic (exact) mass is 683 g/mol. The lowest BCUT2D eigenvalue weighted by molar-refractivity contribution is -0.139. The molecule has 1 aliphatic heterocycles. The first kappa shape index (κ1) is 30.8. The van der Waals surface area contributed by atoms with Crippen LogP contribution in [0, 0.1) is 13.8 Å². The van der Waals surface area contributed by atoms with Crippen LogP contribution in [0.4, 0.5) is 0 Å². The minimum Gasteiger partial charge on any atom is -0.496 e. The molecule has 0 spiro atoms. The lowest BCUT2D eigenvalue weighted by Crippen LogP contribution is -2.40. The van der Waals surface area contributed by atoms with E-state index in [0.717, 1.165) is 49.7 Å². The summed E-state index contributed by atoms with van der Waals surface area (Å²) >= 11 is 4.92. The Morgan fingerprint density at radius 2 is 1.89 bits per heavy atom. The molecule has 1 aliphatic rings. The fourth-order valence-electron chi connectivity index (χ4n) is 6.12. The second-order valence-electron chi connectivity index (χ2n) is 11.1. The fourth-order valence-corrected chi connectivity index (χ4v) is 7.50. The van der Waals surface area contributed by atoms with Crippen LogP contribution in [0.5, 0.6) is 5.75 Å². The number of carbonyl (C=O) groups is 1. The van der Waals surface area contributed by atoms with E-state index in [1.807, 2.05) is 49.4 Å². The lowest BCUT2D eigenvalue weighted by atomic mass is 9.93. The molecule has 0 bridgehead atoms. The second-order valence-corrected chi connectivity index (χ2v) is 13.0. The summed E-state index contributed by atoms with van der Waals surface area (Å²) < 4.78 is 14.3. The molecule has 0 fully saturated rings. The number of fused-ring (bicyclic) bond motifs is 2. The summed E-state index contributed by atoms with van der Waals surface area (Å²) in [4.78, 5) is 37.3. The summed E-state index contributed by atoms with van der Waals surface area (Å²) in [7, 11) is 1.59. The minimum absolute atomic E-state index is 0.205. The number of benzene rings is 3. The predicted molar refractivity (Wildman–Crippen MR) is 184 cm³/mol. The van der Waals surface area contributed by atoms with E-state index in [1.165, 1.54) is 11.3 Å². The van der Waals surface area contributed by atoms with Gasteiger partial charge in [0.25, 0.3) is 5.56 Å². The molecule has 7 nitrogen and oxygen atoms in total. The van der Waals surface area contributed by atoms with Crippen LogP contribution >= 0.6 is 27.3 Å². The first-order valence-electron chi connectivity index (χ1n) is 15.0. The van der Waals surface area contributed by atoms with Crippen molar-refractivity contribution in [3.8, 4) is 17.0 Å². The van der Waals surface area contributed by atoms with E-state index in [9.17, 15) is 9.59 Å². The van der Waals surface area contributed by atoms with Gasteiger partial charge < -0.3 is 14.5 Å². The third kappa shape index (κ3) is 5.59. The van der Waals surface area contributed by atoms with Crippen molar-refractivity contribution < 1.29 is 14.3 Å². The van der Waals surface area contributed by atoms with Crippen molar-refractivity contribution in [1.29, 1.82) is 0 Å². The molecule has 3 heterocycles. The Labute approximate surface area is 273 Å². The quantitative estimate of drug-likeness (QED) is 0.177. The van der Waals surface area contributed by atoms with Crippen molar-refractivity contribution in [2.24, 2.45) is 4.99 Å². The van der Waals surface area contributed by atoms with Crippen LogP contribution in [0.2, 0.25) is 0 Å². The number of carbonyl (C=O) groups excluding carboxylic acids is 1. The summed E-state index contributed by atoms with van der Waals surface area (Å²) in [6, 6.07) is 19.3. The molecule has 3 aromatic carbocycles. The third-order valence-corrected chi connectivity index (χ3v) is 9.48. The summed E-state index contributed by atoms with van der Waals surface area (Å²) in [5.74, 6) is 0.0752. The van der Waals surface area contributed by atoms with E-state index in [4.69, 9.17) is 14.5 Å². The number of thiazole rings is 1. The van der Waals surface area contributed by atoms with Gasteiger partial charge in [0, 0.05) is 26.5 Å².